The summed E-state index contributed by atoms with van der Waals surface area (Å²) in [5.41, 5.74) is 5.35. The number of pyridine rings is 1. The minimum absolute atomic E-state index is 0.219. The third-order valence-electron chi connectivity index (χ3n) is 2.81. The first-order valence-electron chi connectivity index (χ1n) is 6.05. The van der Waals surface area contributed by atoms with Crippen LogP contribution in [0, 0.1) is 0 Å². The highest BCUT2D eigenvalue weighted by Crippen LogP contribution is 2.16. The van der Waals surface area contributed by atoms with Crippen molar-refractivity contribution in [2.45, 2.75) is 13.3 Å². The van der Waals surface area contributed by atoms with Crippen molar-refractivity contribution in [2.75, 3.05) is 10.7 Å². The molecular weight excluding hydrogens is 240 g/mol. The highest BCUT2D eigenvalue weighted by molar-refractivity contribution is 6.07. The van der Waals surface area contributed by atoms with Crippen molar-refractivity contribution >= 4 is 17.3 Å². The Bertz CT molecular complexity index is 583. The summed E-state index contributed by atoms with van der Waals surface area (Å²) in [7, 11) is 0. The molecule has 0 aliphatic rings. The van der Waals surface area contributed by atoms with Gasteiger partial charge in [0.25, 0.3) is 5.91 Å². The fourth-order valence-corrected chi connectivity index (χ4v) is 1.77. The number of benzene rings is 1. The first-order valence-corrected chi connectivity index (χ1v) is 6.05. The number of carbonyl (C=O) groups is 1. The highest BCUT2D eigenvalue weighted by Gasteiger charge is 2.10. The smallest absolute Gasteiger partial charge is 0.257 e. The summed E-state index contributed by atoms with van der Waals surface area (Å²) in [6.07, 6.45) is 3.99. The van der Waals surface area contributed by atoms with E-state index < -0.39 is 0 Å². The van der Waals surface area contributed by atoms with Crippen LogP contribution in [0.5, 0.6) is 0 Å². The predicted octanol–water partition coefficient (Wildman–Crippen LogP) is 2.18. The number of hydrogen-bond donors (Lipinski definition) is 3. The molecule has 5 heteroatoms. The van der Waals surface area contributed by atoms with E-state index >= 15 is 0 Å². The monoisotopic (exact) mass is 256 g/mol. The Hall–Kier alpha value is -2.40. The fraction of sp³-hybridized carbons (Fsp3) is 0.143. The molecule has 1 aromatic heterocycles. The van der Waals surface area contributed by atoms with Gasteiger partial charge in [-0.1, -0.05) is 19.1 Å². The van der Waals surface area contributed by atoms with Crippen LogP contribution < -0.4 is 16.6 Å². The van der Waals surface area contributed by atoms with Gasteiger partial charge in [0.1, 0.15) is 0 Å². The maximum absolute atomic E-state index is 12.2. The molecule has 0 bridgehead atoms. The van der Waals surface area contributed by atoms with Crippen molar-refractivity contribution in [1.29, 1.82) is 0 Å². The summed E-state index contributed by atoms with van der Waals surface area (Å²) in [5.74, 6) is 5.14. The Kier molecular flexibility index (Phi) is 4.10. The van der Waals surface area contributed by atoms with Gasteiger partial charge in [-0.15, -0.1) is 0 Å². The number of anilines is 2. The molecule has 0 spiro atoms. The van der Waals surface area contributed by atoms with Crippen LogP contribution in [-0.2, 0) is 6.42 Å². The summed E-state index contributed by atoms with van der Waals surface area (Å²) in [5, 5.41) is 2.85. The van der Waals surface area contributed by atoms with Crippen molar-refractivity contribution in [1.82, 2.24) is 4.98 Å². The number of nitrogens with one attached hydrogen (secondary N) is 2. The summed E-state index contributed by atoms with van der Waals surface area (Å²) >= 11 is 0. The van der Waals surface area contributed by atoms with Crippen LogP contribution >= 0.6 is 0 Å². The molecule has 2 rings (SSSR count). The standard InChI is InChI=1S/C14H16N4O/c1-2-10-4-3-5-11(8-10)17-14(19)12-6-7-16-9-13(12)18-15/h3-9,18H,2,15H2,1H3,(H,17,19). The van der Waals surface area contributed by atoms with E-state index in [4.69, 9.17) is 5.84 Å². The number of aromatic nitrogens is 1. The number of carbonyl (C=O) groups excluding carboxylic acids is 1. The summed E-state index contributed by atoms with van der Waals surface area (Å²) < 4.78 is 0. The van der Waals surface area contributed by atoms with Crippen molar-refractivity contribution in [2.24, 2.45) is 5.84 Å². The lowest BCUT2D eigenvalue weighted by molar-refractivity contribution is 0.102. The molecule has 4 N–H and O–H groups in total. The minimum Gasteiger partial charge on any atom is -0.322 e. The van der Waals surface area contributed by atoms with Crippen LogP contribution in [0.3, 0.4) is 0 Å². The number of hydrazine groups is 1. The molecule has 1 aromatic carbocycles. The number of aryl methyl sites for hydroxylation is 1. The van der Waals surface area contributed by atoms with Gasteiger partial charge in [-0.25, -0.2) is 0 Å². The van der Waals surface area contributed by atoms with Crippen LogP contribution in [0.1, 0.15) is 22.8 Å². The molecule has 0 aliphatic heterocycles. The fourth-order valence-electron chi connectivity index (χ4n) is 1.77. The molecule has 1 heterocycles. The molecule has 98 valence electrons. The Morgan fingerprint density at radius 3 is 2.95 bits per heavy atom. The molecular formula is C14H16N4O. The van der Waals surface area contributed by atoms with E-state index in [9.17, 15) is 4.79 Å². The largest absolute Gasteiger partial charge is 0.322 e. The second kappa shape index (κ2) is 5.97. The highest BCUT2D eigenvalue weighted by atomic mass is 16.1. The normalized spacial score (nSPS) is 10.0. The van der Waals surface area contributed by atoms with Crippen molar-refractivity contribution in [3.05, 3.63) is 53.9 Å². The maximum atomic E-state index is 12.2. The van der Waals surface area contributed by atoms with Crippen molar-refractivity contribution in [3.63, 3.8) is 0 Å². The lowest BCUT2D eigenvalue weighted by atomic mass is 10.1. The van der Waals surface area contributed by atoms with E-state index in [-0.39, 0.29) is 5.91 Å². The predicted molar refractivity (Wildman–Crippen MR) is 75.8 cm³/mol. The second-order valence-electron chi connectivity index (χ2n) is 4.07. The molecule has 0 unspecified atom stereocenters. The third-order valence-corrected chi connectivity index (χ3v) is 2.81. The zero-order chi connectivity index (χ0) is 13.7. The van der Waals surface area contributed by atoms with Crippen LogP contribution in [-0.4, -0.2) is 10.9 Å². The number of hydrogen-bond acceptors (Lipinski definition) is 4. The van der Waals surface area contributed by atoms with E-state index in [0.29, 0.717) is 11.3 Å². The van der Waals surface area contributed by atoms with Gasteiger partial charge < -0.3 is 10.7 Å². The lowest BCUT2D eigenvalue weighted by Gasteiger charge is -2.09. The van der Waals surface area contributed by atoms with E-state index in [1.54, 1.807) is 12.3 Å². The average molecular weight is 256 g/mol. The van der Waals surface area contributed by atoms with E-state index in [0.717, 1.165) is 12.1 Å². The molecule has 0 saturated carbocycles. The van der Waals surface area contributed by atoms with Crippen molar-refractivity contribution < 1.29 is 4.79 Å². The zero-order valence-electron chi connectivity index (χ0n) is 10.7. The van der Waals surface area contributed by atoms with Gasteiger partial charge in [-0.05, 0) is 30.2 Å². The first kappa shape index (κ1) is 13.0. The Balaban J connectivity index is 2.20. The van der Waals surface area contributed by atoms with Gasteiger partial charge in [0.15, 0.2) is 0 Å². The molecule has 0 fully saturated rings. The van der Waals surface area contributed by atoms with Crippen LogP contribution in [0.2, 0.25) is 0 Å². The number of amides is 1. The van der Waals surface area contributed by atoms with Gasteiger partial charge >= 0.3 is 0 Å². The topological polar surface area (TPSA) is 80.0 Å². The Labute approximate surface area is 111 Å². The third kappa shape index (κ3) is 3.08. The molecule has 5 nitrogen and oxygen atoms in total. The molecule has 2 aromatic rings. The average Bonchev–Trinajstić information content (AvgIpc) is 2.47. The van der Waals surface area contributed by atoms with Crippen molar-refractivity contribution in [3.8, 4) is 0 Å². The number of nitrogens with two attached hydrogens (primary N) is 1. The number of rotatable bonds is 4. The summed E-state index contributed by atoms with van der Waals surface area (Å²) in [6.45, 7) is 2.07. The molecule has 19 heavy (non-hydrogen) atoms. The number of nitrogens with zero attached hydrogens (tertiary/aromatic N) is 1. The first-order chi connectivity index (χ1) is 9.24. The van der Waals surface area contributed by atoms with E-state index in [2.05, 4.69) is 22.7 Å². The van der Waals surface area contributed by atoms with Crippen LogP contribution in [0.15, 0.2) is 42.7 Å². The van der Waals surface area contributed by atoms with E-state index in [1.807, 2.05) is 24.3 Å². The van der Waals surface area contributed by atoms with Gasteiger partial charge in [-0.2, -0.15) is 0 Å². The summed E-state index contributed by atoms with van der Waals surface area (Å²) in [6, 6.07) is 9.37. The van der Waals surface area contributed by atoms with Crippen LogP contribution in [0.4, 0.5) is 11.4 Å². The SMILES string of the molecule is CCc1cccc(NC(=O)c2ccncc2NN)c1. The Morgan fingerprint density at radius 1 is 1.37 bits per heavy atom. The molecule has 0 saturated heterocycles. The second-order valence-corrected chi connectivity index (χ2v) is 4.07. The zero-order valence-corrected chi connectivity index (χ0v) is 10.7. The maximum Gasteiger partial charge on any atom is 0.257 e. The molecule has 0 aliphatic carbocycles. The molecule has 0 atom stereocenters. The van der Waals surface area contributed by atoms with E-state index in [1.165, 1.54) is 11.8 Å². The van der Waals surface area contributed by atoms with Crippen LogP contribution in [0.25, 0.3) is 0 Å². The number of nitrogen functional groups attached to an aromatic ring is 1. The molecule has 0 radical (unpaired) electrons. The molecule has 1 amide bonds. The van der Waals surface area contributed by atoms with Gasteiger partial charge in [-0.3, -0.25) is 15.6 Å². The quantitative estimate of drug-likeness (QED) is 0.578. The Morgan fingerprint density at radius 2 is 2.21 bits per heavy atom. The van der Waals surface area contributed by atoms with Gasteiger partial charge in [0.2, 0.25) is 0 Å². The van der Waals surface area contributed by atoms with Gasteiger partial charge in [0.05, 0.1) is 17.4 Å². The lowest BCUT2D eigenvalue weighted by Crippen LogP contribution is -2.17. The minimum atomic E-state index is -0.219. The summed E-state index contributed by atoms with van der Waals surface area (Å²) in [4.78, 5) is 16.1. The van der Waals surface area contributed by atoms with Gasteiger partial charge in [0, 0.05) is 11.9 Å².